The van der Waals surface area contributed by atoms with Gasteiger partial charge in [-0.1, -0.05) is 30.7 Å². The lowest BCUT2D eigenvalue weighted by atomic mass is 10.1. The van der Waals surface area contributed by atoms with Crippen LogP contribution in [0.3, 0.4) is 0 Å². The lowest BCUT2D eigenvalue weighted by Crippen LogP contribution is -2.41. The number of hydrogen-bond acceptors (Lipinski definition) is 3. The van der Waals surface area contributed by atoms with Crippen molar-refractivity contribution in [1.29, 1.82) is 0 Å². The van der Waals surface area contributed by atoms with Crippen molar-refractivity contribution >= 4 is 34.4 Å². The molecule has 0 aliphatic heterocycles. The molecule has 3 rings (SSSR count). The summed E-state index contributed by atoms with van der Waals surface area (Å²) in [5, 5.41) is 1.33. The Bertz CT molecular complexity index is 945. The standard InChI is InChI=1S/C19H17ClN2O3/c1-3-12-4-6-13(7-5-12)18(23)21-22-19(24)17-11(2)15-10-14(20)8-9-16(15)25-17/h4-10H,3H2,1-2H3,(H,21,23)(H,22,24). The Morgan fingerprint density at radius 2 is 1.72 bits per heavy atom. The zero-order valence-corrected chi connectivity index (χ0v) is 14.6. The topological polar surface area (TPSA) is 71.3 Å². The van der Waals surface area contributed by atoms with Gasteiger partial charge >= 0.3 is 5.91 Å². The molecule has 2 aromatic carbocycles. The highest BCUT2D eigenvalue weighted by Crippen LogP contribution is 2.27. The Kier molecular flexibility index (Phi) is 4.76. The maximum Gasteiger partial charge on any atom is 0.305 e. The summed E-state index contributed by atoms with van der Waals surface area (Å²) >= 11 is 5.97. The summed E-state index contributed by atoms with van der Waals surface area (Å²) < 4.78 is 5.56. The Morgan fingerprint density at radius 3 is 2.40 bits per heavy atom. The predicted molar refractivity (Wildman–Crippen MR) is 96.7 cm³/mol. The Hall–Kier alpha value is -2.79. The van der Waals surface area contributed by atoms with Gasteiger partial charge in [-0.3, -0.25) is 20.4 Å². The molecule has 0 saturated heterocycles. The summed E-state index contributed by atoms with van der Waals surface area (Å²) in [5.41, 5.74) is 7.60. The van der Waals surface area contributed by atoms with Crippen LogP contribution in [-0.2, 0) is 6.42 Å². The molecule has 25 heavy (non-hydrogen) atoms. The van der Waals surface area contributed by atoms with E-state index in [9.17, 15) is 9.59 Å². The number of amides is 2. The summed E-state index contributed by atoms with van der Waals surface area (Å²) in [4.78, 5) is 24.4. The van der Waals surface area contributed by atoms with Crippen molar-refractivity contribution in [2.45, 2.75) is 20.3 Å². The zero-order chi connectivity index (χ0) is 18.0. The molecular formula is C19H17ClN2O3. The molecule has 128 valence electrons. The first-order chi connectivity index (χ1) is 12.0. The molecule has 0 aliphatic carbocycles. The minimum Gasteiger partial charge on any atom is -0.451 e. The van der Waals surface area contributed by atoms with E-state index in [1.807, 2.05) is 19.1 Å². The van der Waals surface area contributed by atoms with Crippen LogP contribution in [-0.4, -0.2) is 11.8 Å². The van der Waals surface area contributed by atoms with E-state index in [1.54, 1.807) is 37.3 Å². The minimum absolute atomic E-state index is 0.138. The highest BCUT2D eigenvalue weighted by Gasteiger charge is 2.18. The maximum absolute atomic E-state index is 12.3. The lowest BCUT2D eigenvalue weighted by Gasteiger charge is -2.07. The molecule has 0 atom stereocenters. The van der Waals surface area contributed by atoms with Gasteiger partial charge in [0.05, 0.1) is 0 Å². The van der Waals surface area contributed by atoms with Crippen LogP contribution in [0.2, 0.25) is 5.02 Å². The summed E-state index contributed by atoms with van der Waals surface area (Å²) in [6.07, 6.45) is 0.897. The maximum atomic E-state index is 12.3. The Morgan fingerprint density at radius 1 is 1.04 bits per heavy atom. The fraction of sp³-hybridized carbons (Fsp3) is 0.158. The summed E-state index contributed by atoms with van der Waals surface area (Å²) in [7, 11) is 0. The second-order valence-corrected chi connectivity index (χ2v) is 6.09. The summed E-state index contributed by atoms with van der Waals surface area (Å²) in [5.74, 6) is -0.782. The average molecular weight is 357 g/mol. The van der Waals surface area contributed by atoms with Gasteiger partial charge in [0.2, 0.25) is 0 Å². The lowest BCUT2D eigenvalue weighted by molar-refractivity contribution is 0.0831. The van der Waals surface area contributed by atoms with Crippen LogP contribution in [0.1, 0.15) is 39.0 Å². The smallest absolute Gasteiger partial charge is 0.305 e. The van der Waals surface area contributed by atoms with Crippen molar-refractivity contribution < 1.29 is 14.0 Å². The number of benzene rings is 2. The number of aryl methyl sites for hydroxylation is 2. The molecule has 1 aromatic heterocycles. The van der Waals surface area contributed by atoms with Gasteiger partial charge in [0.15, 0.2) is 5.76 Å². The average Bonchev–Trinajstić information content (AvgIpc) is 2.96. The molecule has 5 nitrogen and oxygen atoms in total. The van der Waals surface area contributed by atoms with E-state index in [2.05, 4.69) is 10.9 Å². The molecule has 2 N–H and O–H groups in total. The second-order valence-electron chi connectivity index (χ2n) is 5.66. The fourth-order valence-electron chi connectivity index (χ4n) is 2.54. The van der Waals surface area contributed by atoms with Gasteiger partial charge in [0.25, 0.3) is 5.91 Å². The van der Waals surface area contributed by atoms with Gasteiger partial charge in [-0.05, 0) is 49.2 Å². The van der Waals surface area contributed by atoms with E-state index in [1.165, 1.54) is 0 Å². The van der Waals surface area contributed by atoms with Crippen LogP contribution in [0.5, 0.6) is 0 Å². The molecule has 1 heterocycles. The van der Waals surface area contributed by atoms with Gasteiger partial charge in [-0.25, -0.2) is 0 Å². The number of rotatable bonds is 3. The molecule has 0 radical (unpaired) electrons. The molecule has 6 heteroatoms. The molecule has 3 aromatic rings. The number of fused-ring (bicyclic) bond motifs is 1. The number of carbonyl (C=O) groups is 2. The molecule has 2 amide bonds. The summed E-state index contributed by atoms with van der Waals surface area (Å²) in [6, 6.07) is 12.3. The zero-order valence-electron chi connectivity index (χ0n) is 13.9. The third-order valence-corrected chi connectivity index (χ3v) is 4.25. The van der Waals surface area contributed by atoms with Crippen LogP contribution >= 0.6 is 11.6 Å². The van der Waals surface area contributed by atoms with Gasteiger partial charge < -0.3 is 4.42 Å². The molecule has 0 unspecified atom stereocenters. The van der Waals surface area contributed by atoms with Gasteiger partial charge in [0.1, 0.15) is 5.58 Å². The van der Waals surface area contributed by atoms with Crippen LogP contribution in [0.15, 0.2) is 46.9 Å². The SMILES string of the molecule is CCc1ccc(C(=O)NNC(=O)c2oc3ccc(Cl)cc3c2C)cc1. The van der Waals surface area contributed by atoms with Crippen molar-refractivity contribution in [3.05, 3.63) is 69.9 Å². The molecule has 0 spiro atoms. The molecule has 0 aliphatic rings. The first-order valence-electron chi connectivity index (χ1n) is 7.88. The number of carbonyl (C=O) groups excluding carboxylic acids is 2. The minimum atomic E-state index is -0.525. The normalized spacial score (nSPS) is 10.7. The van der Waals surface area contributed by atoms with Crippen molar-refractivity contribution in [3.63, 3.8) is 0 Å². The van der Waals surface area contributed by atoms with E-state index in [-0.39, 0.29) is 5.76 Å². The van der Waals surface area contributed by atoms with E-state index in [0.29, 0.717) is 21.7 Å². The Balaban J connectivity index is 1.71. The third kappa shape index (κ3) is 3.51. The first kappa shape index (κ1) is 17.0. The number of hydrazine groups is 1. The number of halogens is 1. The highest BCUT2D eigenvalue weighted by molar-refractivity contribution is 6.31. The van der Waals surface area contributed by atoms with Crippen molar-refractivity contribution in [3.8, 4) is 0 Å². The highest BCUT2D eigenvalue weighted by atomic mass is 35.5. The van der Waals surface area contributed by atoms with Gasteiger partial charge in [-0.15, -0.1) is 0 Å². The molecule has 0 saturated carbocycles. The molecular weight excluding hydrogens is 340 g/mol. The van der Waals surface area contributed by atoms with Crippen LogP contribution in [0.25, 0.3) is 11.0 Å². The third-order valence-electron chi connectivity index (χ3n) is 4.02. The first-order valence-corrected chi connectivity index (χ1v) is 8.25. The van der Waals surface area contributed by atoms with Crippen LogP contribution < -0.4 is 10.9 Å². The Labute approximate surface area is 149 Å². The number of nitrogens with one attached hydrogen (secondary N) is 2. The molecule has 0 fully saturated rings. The van der Waals surface area contributed by atoms with Gasteiger partial charge in [-0.2, -0.15) is 0 Å². The van der Waals surface area contributed by atoms with Gasteiger partial charge in [0, 0.05) is 21.5 Å². The molecule has 0 bridgehead atoms. The van der Waals surface area contributed by atoms with Crippen molar-refractivity contribution in [2.24, 2.45) is 0 Å². The fourth-order valence-corrected chi connectivity index (χ4v) is 2.72. The number of hydrogen-bond donors (Lipinski definition) is 2. The predicted octanol–water partition coefficient (Wildman–Crippen LogP) is 4.03. The second kappa shape index (κ2) is 6.99. The van der Waals surface area contributed by atoms with E-state index >= 15 is 0 Å². The quantitative estimate of drug-likeness (QED) is 0.696. The van der Waals surface area contributed by atoms with Crippen molar-refractivity contribution in [1.82, 2.24) is 10.9 Å². The monoisotopic (exact) mass is 356 g/mol. The van der Waals surface area contributed by atoms with Crippen LogP contribution in [0.4, 0.5) is 0 Å². The summed E-state index contributed by atoms with van der Waals surface area (Å²) in [6.45, 7) is 3.81. The van der Waals surface area contributed by atoms with Crippen LogP contribution in [0, 0.1) is 6.92 Å². The van der Waals surface area contributed by atoms with E-state index < -0.39 is 11.8 Å². The largest absolute Gasteiger partial charge is 0.451 e. The number of furan rings is 1. The van der Waals surface area contributed by atoms with Crippen molar-refractivity contribution in [2.75, 3.05) is 0 Å². The van der Waals surface area contributed by atoms with E-state index in [4.69, 9.17) is 16.0 Å². The van der Waals surface area contributed by atoms with E-state index in [0.717, 1.165) is 17.4 Å².